The summed E-state index contributed by atoms with van der Waals surface area (Å²) in [7, 11) is 2.18. The zero-order valence-electron chi connectivity index (χ0n) is 24.6. The first-order valence-electron chi connectivity index (χ1n) is 15.3. The van der Waals surface area contributed by atoms with Crippen LogP contribution in [0.5, 0.6) is 0 Å². The van der Waals surface area contributed by atoms with Crippen molar-refractivity contribution in [3.05, 3.63) is 46.5 Å². The van der Waals surface area contributed by atoms with Crippen LogP contribution in [-0.2, 0) is 6.18 Å². The van der Waals surface area contributed by atoms with Crippen LogP contribution < -0.4 is 15.5 Å². The van der Waals surface area contributed by atoms with Crippen LogP contribution in [0.25, 0.3) is 10.6 Å². The highest BCUT2D eigenvalue weighted by Gasteiger charge is 2.37. The van der Waals surface area contributed by atoms with E-state index in [1.54, 1.807) is 6.07 Å². The number of hydrogen-bond donors (Lipinski definition) is 2. The molecule has 8 nitrogen and oxygen atoms in total. The first-order chi connectivity index (χ1) is 21.2. The average Bonchev–Trinajstić information content (AvgIpc) is 3.78. The number of amides is 1. The Balaban J connectivity index is 1.29. The number of halogens is 3. The second kappa shape index (κ2) is 12.1. The Morgan fingerprint density at radius 1 is 1.05 bits per heavy atom. The number of aromatic nitrogens is 2. The molecule has 1 aromatic carbocycles. The van der Waals surface area contributed by atoms with Crippen molar-refractivity contribution < 1.29 is 18.0 Å². The van der Waals surface area contributed by atoms with Crippen molar-refractivity contribution >= 4 is 46.3 Å². The van der Waals surface area contributed by atoms with Gasteiger partial charge in [0.05, 0.1) is 10.6 Å². The summed E-state index contributed by atoms with van der Waals surface area (Å²) in [4.78, 5) is 30.4. The SMILES string of the molecule is CN1CCN2CC1CNCCCCN1CCSc3cc(sc3C1=O)-c1nc(ncc1C(F)(F)F)Nc1ccc2cc1C1CC1. The summed E-state index contributed by atoms with van der Waals surface area (Å²) < 4.78 is 42.7. The van der Waals surface area contributed by atoms with Crippen molar-refractivity contribution in [1.29, 1.82) is 0 Å². The molecule has 0 radical (unpaired) electrons. The number of nitrogens with zero attached hydrogens (tertiary/aromatic N) is 5. The van der Waals surface area contributed by atoms with E-state index >= 15 is 0 Å². The molecule has 234 valence electrons. The number of nitrogens with one attached hydrogen (secondary N) is 2. The van der Waals surface area contributed by atoms with E-state index in [9.17, 15) is 18.0 Å². The number of piperazine rings is 1. The minimum absolute atomic E-state index is 0.111. The second-order valence-electron chi connectivity index (χ2n) is 12.1. The number of alkyl halides is 3. The Morgan fingerprint density at radius 3 is 2.73 bits per heavy atom. The lowest BCUT2D eigenvalue weighted by atomic mass is 10.0. The fourth-order valence-corrected chi connectivity index (χ4v) is 8.60. The molecule has 44 heavy (non-hydrogen) atoms. The second-order valence-corrected chi connectivity index (χ2v) is 14.2. The molecule has 0 spiro atoms. The molecular formula is C31H36F3N7OS2. The molecule has 5 aliphatic rings. The maximum atomic E-state index is 14.2. The monoisotopic (exact) mass is 643 g/mol. The first-order valence-corrected chi connectivity index (χ1v) is 17.1. The number of likely N-dealkylation sites (N-methyl/N-ethyl adjacent to an activating group) is 1. The van der Waals surface area contributed by atoms with Gasteiger partial charge < -0.3 is 20.4 Å². The smallest absolute Gasteiger partial charge is 0.369 e. The lowest BCUT2D eigenvalue weighted by molar-refractivity contribution is -0.137. The molecule has 2 aromatic heterocycles. The average molecular weight is 644 g/mol. The molecule has 13 heteroatoms. The van der Waals surface area contributed by atoms with E-state index in [4.69, 9.17) is 0 Å². The number of fused-ring (bicyclic) bond motifs is 7. The number of thiophene rings is 1. The van der Waals surface area contributed by atoms with Crippen molar-refractivity contribution in [3.63, 3.8) is 0 Å². The van der Waals surface area contributed by atoms with Gasteiger partial charge >= 0.3 is 6.18 Å². The molecule has 2 N–H and O–H groups in total. The third-order valence-electron chi connectivity index (χ3n) is 8.98. The molecule has 1 saturated carbocycles. The highest BCUT2D eigenvalue weighted by molar-refractivity contribution is 7.99. The highest BCUT2D eigenvalue weighted by Crippen LogP contribution is 2.46. The van der Waals surface area contributed by atoms with Gasteiger partial charge in [0.1, 0.15) is 10.4 Å². The minimum Gasteiger partial charge on any atom is -0.369 e. The summed E-state index contributed by atoms with van der Waals surface area (Å²) >= 11 is 2.61. The number of thioether (sulfide) groups is 1. The molecule has 1 saturated heterocycles. The number of benzene rings is 1. The van der Waals surface area contributed by atoms with E-state index < -0.39 is 11.7 Å². The van der Waals surface area contributed by atoms with Crippen LogP contribution in [-0.4, -0.2) is 90.3 Å². The zero-order chi connectivity index (χ0) is 30.4. The van der Waals surface area contributed by atoms with Crippen LogP contribution in [0, 0.1) is 0 Å². The van der Waals surface area contributed by atoms with Gasteiger partial charge in [-0.25, -0.2) is 9.97 Å². The summed E-state index contributed by atoms with van der Waals surface area (Å²) in [5.74, 6) is 1.09. The number of carbonyl (C=O) groups is 1. The largest absolute Gasteiger partial charge is 0.420 e. The predicted octanol–water partition coefficient (Wildman–Crippen LogP) is 5.90. The summed E-state index contributed by atoms with van der Waals surface area (Å²) in [6.45, 7) is 5.83. The quantitative estimate of drug-likeness (QED) is 0.340. The van der Waals surface area contributed by atoms with Gasteiger partial charge in [-0.3, -0.25) is 9.69 Å². The van der Waals surface area contributed by atoms with Gasteiger partial charge in [-0.15, -0.1) is 23.1 Å². The van der Waals surface area contributed by atoms with Crippen LogP contribution in [0.3, 0.4) is 0 Å². The Labute approximate surface area is 263 Å². The fraction of sp³-hybridized carbons (Fsp3) is 0.516. The first kappa shape index (κ1) is 29.8. The molecule has 1 unspecified atom stereocenters. The van der Waals surface area contributed by atoms with Crippen molar-refractivity contribution in [3.8, 4) is 10.6 Å². The molecule has 1 atom stereocenters. The highest BCUT2D eigenvalue weighted by atomic mass is 32.2. The van der Waals surface area contributed by atoms with Gasteiger partial charge in [-0.1, -0.05) is 0 Å². The number of rotatable bonds is 1. The zero-order valence-corrected chi connectivity index (χ0v) is 26.3. The van der Waals surface area contributed by atoms with Gasteiger partial charge in [0.15, 0.2) is 0 Å². The molecule has 1 aliphatic carbocycles. The molecule has 9 bridgehead atoms. The minimum atomic E-state index is -4.64. The molecule has 8 rings (SSSR count). The lowest BCUT2D eigenvalue weighted by Crippen LogP contribution is -2.55. The van der Waals surface area contributed by atoms with Crippen molar-refractivity contribution in [2.45, 2.75) is 48.7 Å². The van der Waals surface area contributed by atoms with Crippen LogP contribution in [0.2, 0.25) is 0 Å². The van der Waals surface area contributed by atoms with Gasteiger partial charge in [0.2, 0.25) is 5.95 Å². The van der Waals surface area contributed by atoms with Gasteiger partial charge in [0.25, 0.3) is 5.91 Å². The summed E-state index contributed by atoms with van der Waals surface area (Å²) in [5.41, 5.74) is 2.03. The van der Waals surface area contributed by atoms with E-state index in [2.05, 4.69) is 49.6 Å². The standard InChI is InChI=1S/C31H36F3N7OS2/c1-39-10-11-41-18-21(39)16-35-8-2-3-9-40-12-13-43-26-15-25(44-28(26)29(40)42)27-23(31(32,33)34)17-36-30(38-27)37-24-7-6-20(41)14-22(24)19-4-5-19/h6-7,14-15,17,19,21,35H,2-5,8-13,16,18H2,1H3,(H,36,37,38). The van der Waals surface area contributed by atoms with Crippen molar-refractivity contribution in [2.75, 3.05) is 68.8 Å². The molecule has 4 aliphatic heterocycles. The maximum absolute atomic E-state index is 14.2. The van der Waals surface area contributed by atoms with Crippen molar-refractivity contribution in [2.24, 2.45) is 0 Å². The number of hydrogen-bond acceptors (Lipinski definition) is 9. The topological polar surface area (TPSA) is 76.6 Å². The van der Waals surface area contributed by atoms with Crippen LogP contribution >= 0.6 is 23.1 Å². The summed E-state index contributed by atoms with van der Waals surface area (Å²) in [6.07, 6.45) is 0.181. The normalized spacial score (nSPS) is 21.9. The molecule has 2 fully saturated rings. The Bertz CT molecular complexity index is 1540. The van der Waals surface area contributed by atoms with E-state index in [-0.39, 0.29) is 17.5 Å². The van der Waals surface area contributed by atoms with Gasteiger partial charge in [0, 0.05) is 73.5 Å². The molecule has 6 heterocycles. The third kappa shape index (κ3) is 6.16. The van der Waals surface area contributed by atoms with E-state index in [1.807, 2.05) is 11.0 Å². The summed E-state index contributed by atoms with van der Waals surface area (Å²) in [6, 6.07) is 8.40. The Morgan fingerprint density at radius 2 is 1.91 bits per heavy atom. The fourth-order valence-electron chi connectivity index (χ4n) is 6.24. The van der Waals surface area contributed by atoms with Crippen LogP contribution in [0.1, 0.15) is 52.4 Å². The maximum Gasteiger partial charge on any atom is 0.420 e. The van der Waals surface area contributed by atoms with Gasteiger partial charge in [-0.05, 0) is 75.0 Å². The van der Waals surface area contributed by atoms with E-state index in [0.717, 1.165) is 92.1 Å². The Hall–Kier alpha value is -2.87. The predicted molar refractivity (Wildman–Crippen MR) is 169 cm³/mol. The Kier molecular flexibility index (Phi) is 8.23. The molecule has 3 aromatic rings. The number of anilines is 3. The summed E-state index contributed by atoms with van der Waals surface area (Å²) in [5, 5.41) is 6.90. The van der Waals surface area contributed by atoms with Crippen LogP contribution in [0.4, 0.5) is 30.5 Å². The third-order valence-corrected chi connectivity index (χ3v) is 11.3. The molecular weight excluding hydrogens is 608 g/mol. The lowest BCUT2D eigenvalue weighted by Gasteiger charge is -2.41. The van der Waals surface area contributed by atoms with E-state index in [1.165, 1.54) is 17.4 Å². The van der Waals surface area contributed by atoms with E-state index in [0.29, 0.717) is 40.6 Å². The van der Waals surface area contributed by atoms with Gasteiger partial charge in [-0.2, -0.15) is 13.2 Å². The van der Waals surface area contributed by atoms with Crippen molar-refractivity contribution in [1.82, 2.24) is 25.1 Å². The molecule has 1 amide bonds. The van der Waals surface area contributed by atoms with Crippen LogP contribution in [0.15, 0.2) is 35.4 Å². The number of carbonyl (C=O) groups excluding carboxylic acids is 1.